The van der Waals surface area contributed by atoms with Crippen LogP contribution in [0.5, 0.6) is 5.75 Å². The van der Waals surface area contributed by atoms with Crippen LogP contribution >= 0.6 is 0 Å². The number of aryl methyl sites for hydroxylation is 1. The van der Waals surface area contributed by atoms with Crippen LogP contribution in [0.2, 0.25) is 0 Å². The largest absolute Gasteiger partial charge is 0.506 e. The fourth-order valence-corrected chi connectivity index (χ4v) is 3.52. The molecule has 3 N–H and O–H groups in total. The summed E-state index contributed by atoms with van der Waals surface area (Å²) >= 11 is 0. The van der Waals surface area contributed by atoms with E-state index in [1.54, 1.807) is 18.2 Å². The summed E-state index contributed by atoms with van der Waals surface area (Å²) in [5.41, 5.74) is 2.83. The van der Waals surface area contributed by atoms with Crippen LogP contribution < -0.4 is 10.9 Å². The van der Waals surface area contributed by atoms with E-state index in [-0.39, 0.29) is 11.0 Å². The highest BCUT2D eigenvalue weighted by molar-refractivity contribution is 6.02. The van der Waals surface area contributed by atoms with E-state index in [1.807, 2.05) is 11.4 Å². The van der Waals surface area contributed by atoms with Crippen LogP contribution in [0.25, 0.3) is 22.1 Å². The van der Waals surface area contributed by atoms with Gasteiger partial charge in [0.15, 0.2) is 5.56 Å². The van der Waals surface area contributed by atoms with Crippen molar-refractivity contribution in [2.45, 2.75) is 25.7 Å². The van der Waals surface area contributed by atoms with Gasteiger partial charge < -0.3 is 19.9 Å². The summed E-state index contributed by atoms with van der Waals surface area (Å²) < 4.78 is 5.24. The first-order chi connectivity index (χ1) is 13.8. The van der Waals surface area contributed by atoms with Crippen LogP contribution in [0.3, 0.4) is 0 Å². The predicted octanol–water partition coefficient (Wildman–Crippen LogP) is 3.17. The number of hydrogen-bond donors (Lipinski definition) is 3. The van der Waals surface area contributed by atoms with Crippen molar-refractivity contribution in [3.8, 4) is 16.9 Å². The zero-order valence-corrected chi connectivity index (χ0v) is 15.7. The summed E-state index contributed by atoms with van der Waals surface area (Å²) in [5, 5.41) is 21.3. The summed E-state index contributed by atoms with van der Waals surface area (Å²) in [6.45, 7) is 1.40. The number of carboxylic acid groups (broad SMARTS) is 1. The Morgan fingerprint density at radius 3 is 2.48 bits per heavy atom. The number of aliphatic carboxylic acids is 1. The zero-order valence-electron chi connectivity index (χ0n) is 15.7. The lowest BCUT2D eigenvalue weighted by molar-refractivity contribution is -0.135. The van der Waals surface area contributed by atoms with Crippen molar-refractivity contribution < 1.29 is 24.2 Å². The lowest BCUT2D eigenvalue weighted by Crippen LogP contribution is -2.32. The second-order valence-corrected chi connectivity index (χ2v) is 7.25. The van der Waals surface area contributed by atoms with Crippen molar-refractivity contribution in [3.05, 3.63) is 63.5 Å². The summed E-state index contributed by atoms with van der Waals surface area (Å²) in [5.74, 6) is -2.15. The highest BCUT2D eigenvalue weighted by Gasteiger charge is 2.25. The average Bonchev–Trinajstić information content (AvgIpc) is 3.51. The third-order valence-electron chi connectivity index (χ3n) is 5.13. The number of hydrogen-bond acceptors (Lipinski definition) is 5. The van der Waals surface area contributed by atoms with Gasteiger partial charge in [0.1, 0.15) is 17.9 Å². The van der Waals surface area contributed by atoms with E-state index >= 15 is 0 Å². The molecule has 1 fully saturated rings. The molecule has 7 heteroatoms. The van der Waals surface area contributed by atoms with Crippen molar-refractivity contribution in [3.63, 3.8) is 0 Å². The maximum atomic E-state index is 12.2. The molecular formula is C22H19NO6. The normalized spacial score (nSPS) is 13.4. The minimum absolute atomic E-state index is 0.142. The molecule has 1 aromatic heterocycles. The number of fused-ring (bicyclic) bond motifs is 1. The molecule has 3 aromatic rings. The van der Waals surface area contributed by atoms with Gasteiger partial charge in [0.05, 0.1) is 5.39 Å². The Kier molecular flexibility index (Phi) is 4.58. The van der Waals surface area contributed by atoms with E-state index in [4.69, 9.17) is 9.52 Å². The first-order valence-electron chi connectivity index (χ1n) is 9.26. The molecule has 0 spiro atoms. The number of carbonyl (C=O) groups is 2. The number of carboxylic acids is 1. The standard InChI is InChI=1S/C22H19NO6/c1-11-8-13(4-6-15(11)12-2-3-12)14-5-7-16-17(9-14)29-22(28)19(20(16)26)21(27)23-10-18(24)25/h4-9,12,26H,2-3,10H2,1H3,(H,23,27)(H,24,25). The molecule has 0 bridgehead atoms. The number of amides is 1. The summed E-state index contributed by atoms with van der Waals surface area (Å²) in [4.78, 5) is 34.9. The minimum atomic E-state index is -1.27. The van der Waals surface area contributed by atoms with E-state index in [2.05, 4.69) is 19.1 Å². The number of nitrogens with one attached hydrogen (secondary N) is 1. The van der Waals surface area contributed by atoms with Crippen molar-refractivity contribution in [1.82, 2.24) is 5.32 Å². The maximum Gasteiger partial charge on any atom is 0.353 e. The molecule has 148 valence electrons. The maximum absolute atomic E-state index is 12.2. The smallest absolute Gasteiger partial charge is 0.353 e. The second kappa shape index (κ2) is 7.09. The van der Waals surface area contributed by atoms with Gasteiger partial charge in [0, 0.05) is 0 Å². The van der Waals surface area contributed by atoms with Gasteiger partial charge in [-0.05, 0) is 60.1 Å². The van der Waals surface area contributed by atoms with Crippen molar-refractivity contribution >= 4 is 22.8 Å². The molecular weight excluding hydrogens is 374 g/mol. The zero-order chi connectivity index (χ0) is 20.7. The Morgan fingerprint density at radius 2 is 1.83 bits per heavy atom. The first-order valence-corrected chi connectivity index (χ1v) is 9.26. The van der Waals surface area contributed by atoms with Gasteiger partial charge in [0.25, 0.3) is 5.91 Å². The van der Waals surface area contributed by atoms with Crippen molar-refractivity contribution in [1.29, 1.82) is 0 Å². The molecule has 0 atom stereocenters. The quantitative estimate of drug-likeness (QED) is 0.573. The second-order valence-electron chi connectivity index (χ2n) is 7.25. The van der Waals surface area contributed by atoms with Crippen LogP contribution in [-0.4, -0.2) is 28.6 Å². The fraction of sp³-hybridized carbons (Fsp3) is 0.227. The van der Waals surface area contributed by atoms with Gasteiger partial charge in [-0.25, -0.2) is 4.79 Å². The van der Waals surface area contributed by atoms with Gasteiger partial charge in [-0.3, -0.25) is 9.59 Å². The number of benzene rings is 2. The molecule has 1 heterocycles. The van der Waals surface area contributed by atoms with Gasteiger partial charge >= 0.3 is 11.6 Å². The predicted molar refractivity (Wildman–Crippen MR) is 106 cm³/mol. The van der Waals surface area contributed by atoms with Crippen LogP contribution in [-0.2, 0) is 4.79 Å². The van der Waals surface area contributed by atoms with E-state index in [0.717, 1.165) is 11.1 Å². The Hall–Kier alpha value is -3.61. The van der Waals surface area contributed by atoms with Gasteiger partial charge in [0.2, 0.25) is 0 Å². The first kappa shape index (κ1) is 18.7. The van der Waals surface area contributed by atoms with Crippen LogP contribution in [0.15, 0.2) is 45.6 Å². The molecule has 1 amide bonds. The molecule has 2 aromatic carbocycles. The minimum Gasteiger partial charge on any atom is -0.506 e. The third-order valence-corrected chi connectivity index (χ3v) is 5.13. The number of rotatable bonds is 5. The van der Waals surface area contributed by atoms with E-state index in [1.165, 1.54) is 24.0 Å². The highest BCUT2D eigenvalue weighted by Crippen LogP contribution is 2.42. The average molecular weight is 393 g/mol. The van der Waals surface area contributed by atoms with E-state index in [9.17, 15) is 19.5 Å². The SMILES string of the molecule is Cc1cc(-c2ccc3c(O)c(C(=O)NCC(=O)O)c(=O)oc3c2)ccc1C1CC1. The molecule has 4 rings (SSSR count). The molecule has 0 unspecified atom stereocenters. The van der Waals surface area contributed by atoms with Crippen LogP contribution in [0.4, 0.5) is 0 Å². The van der Waals surface area contributed by atoms with Gasteiger partial charge in [-0.2, -0.15) is 0 Å². The Balaban J connectivity index is 1.73. The molecule has 0 aliphatic heterocycles. The van der Waals surface area contributed by atoms with E-state index < -0.39 is 35.4 Å². The Bertz CT molecular complexity index is 1210. The molecule has 1 aliphatic rings. The lowest BCUT2D eigenvalue weighted by Gasteiger charge is -2.10. The Morgan fingerprint density at radius 1 is 1.14 bits per heavy atom. The summed E-state index contributed by atoms with van der Waals surface area (Å²) in [6.07, 6.45) is 2.45. The molecule has 0 radical (unpaired) electrons. The molecule has 0 saturated heterocycles. The summed E-state index contributed by atoms with van der Waals surface area (Å²) in [6, 6.07) is 11.2. The van der Waals surface area contributed by atoms with E-state index in [0.29, 0.717) is 5.92 Å². The fourth-order valence-electron chi connectivity index (χ4n) is 3.52. The Labute approximate surface area is 165 Å². The van der Waals surface area contributed by atoms with Crippen molar-refractivity contribution in [2.75, 3.05) is 6.54 Å². The molecule has 1 aliphatic carbocycles. The summed E-state index contributed by atoms with van der Waals surface area (Å²) in [7, 11) is 0. The molecule has 7 nitrogen and oxygen atoms in total. The van der Waals surface area contributed by atoms with Crippen LogP contribution in [0, 0.1) is 6.92 Å². The number of aromatic hydroxyl groups is 1. The monoisotopic (exact) mass is 393 g/mol. The van der Waals surface area contributed by atoms with Crippen molar-refractivity contribution in [2.24, 2.45) is 0 Å². The van der Waals surface area contributed by atoms with Gasteiger partial charge in [-0.15, -0.1) is 0 Å². The third kappa shape index (κ3) is 3.59. The van der Waals surface area contributed by atoms with Gasteiger partial charge in [-0.1, -0.05) is 24.3 Å². The highest BCUT2D eigenvalue weighted by atomic mass is 16.4. The topological polar surface area (TPSA) is 117 Å². The number of carbonyl (C=O) groups excluding carboxylic acids is 1. The van der Waals surface area contributed by atoms with Crippen LogP contribution in [0.1, 0.15) is 40.2 Å². The molecule has 1 saturated carbocycles. The lowest BCUT2D eigenvalue weighted by atomic mass is 9.97. The molecule has 29 heavy (non-hydrogen) atoms.